The van der Waals surface area contributed by atoms with Crippen LogP contribution in [0.4, 0.5) is 40.9 Å². The Kier molecular flexibility index (Phi) is 13.2. The first-order chi connectivity index (χ1) is 32.0. The number of hydrogen-bond donors (Lipinski definition) is 4. The van der Waals surface area contributed by atoms with Crippen molar-refractivity contribution >= 4 is 84.8 Å². The Bertz CT molecular complexity index is 3440. The lowest BCUT2D eigenvalue weighted by Gasteiger charge is -2.17. The molecule has 10 rings (SSSR count). The number of pyridine rings is 2. The molecule has 340 valence electrons. The number of rotatable bonds is 6. The number of benzene rings is 4. The van der Waals surface area contributed by atoms with Gasteiger partial charge in [-0.2, -0.15) is 26.3 Å². The zero-order valence-corrected chi connectivity index (χ0v) is 35.9. The van der Waals surface area contributed by atoms with Gasteiger partial charge in [-0.1, -0.05) is 59.1 Å². The van der Waals surface area contributed by atoms with Crippen molar-refractivity contribution in [3.8, 4) is 22.5 Å². The first-order valence-electron chi connectivity index (χ1n) is 19.3. The third-order valence-electron chi connectivity index (χ3n) is 9.90. The standard InChI is InChI=1S/C22H13ClF4N6.C17H11ClF4N2.C5H3ClN4/c23-16-3-1-2-11-6-12(8-28-20-19-21(30-9-29-19)32-10-31-20)17(33-18(11)16)14-7-13(24)4-5-15(14)22(25,26)27;18-14-3-1-2-9-6-10(8-23)15(24-16(9)14)12-7-11(19)4-5-13(12)17(20,21)22;6-4-3-5(9-1-7-3)10-2-8-4/h1-7,9-10H,8H2,(H2,28,29,30,31,32);1-7H,8,23H2;1-2H,(H,7,8,9,10). The molecule has 0 bridgehead atoms. The van der Waals surface area contributed by atoms with Crippen LogP contribution in [-0.2, 0) is 25.4 Å². The molecule has 6 heterocycles. The molecule has 0 atom stereocenters. The molecule has 0 aliphatic heterocycles. The average molecular weight is 982 g/mol. The average Bonchev–Trinajstić information content (AvgIpc) is 3.99. The zero-order chi connectivity index (χ0) is 47.6. The third-order valence-corrected chi connectivity index (χ3v) is 10.8. The first-order valence-corrected chi connectivity index (χ1v) is 20.4. The number of aromatic amines is 2. The Morgan fingerprint density at radius 3 is 1.58 bits per heavy atom. The van der Waals surface area contributed by atoms with Crippen LogP contribution in [0.3, 0.4) is 0 Å². The van der Waals surface area contributed by atoms with Gasteiger partial charge in [0.05, 0.1) is 56.2 Å². The SMILES string of the molecule is Clc1ncnc2nc[nH]c12.Fc1ccc(C(F)(F)F)c(-c2nc3c(Cl)cccc3cc2CNc2ncnc3nc[nH]c23)c1.NCc1cc2cccc(Cl)c2nc1-c1cc(F)ccc1C(F)(F)F. The normalized spacial score (nSPS) is 11.7. The van der Waals surface area contributed by atoms with Gasteiger partial charge in [-0.15, -0.1) is 0 Å². The van der Waals surface area contributed by atoms with Crippen molar-refractivity contribution in [2.75, 3.05) is 5.32 Å². The van der Waals surface area contributed by atoms with E-state index in [1.165, 1.54) is 25.3 Å². The minimum Gasteiger partial charge on any atom is -0.364 e. The van der Waals surface area contributed by atoms with Crippen LogP contribution < -0.4 is 11.1 Å². The van der Waals surface area contributed by atoms with Gasteiger partial charge < -0.3 is 21.0 Å². The van der Waals surface area contributed by atoms with Crippen molar-refractivity contribution in [1.82, 2.24) is 49.8 Å². The largest absolute Gasteiger partial charge is 0.417 e. The van der Waals surface area contributed by atoms with E-state index in [2.05, 4.69) is 55.2 Å². The van der Waals surface area contributed by atoms with Crippen molar-refractivity contribution < 1.29 is 35.1 Å². The van der Waals surface area contributed by atoms with E-state index in [0.717, 1.165) is 24.3 Å². The van der Waals surface area contributed by atoms with Crippen molar-refractivity contribution in [1.29, 1.82) is 0 Å². The van der Waals surface area contributed by atoms with Crippen molar-refractivity contribution in [3.63, 3.8) is 0 Å². The Hall–Kier alpha value is -7.13. The van der Waals surface area contributed by atoms with Gasteiger partial charge in [0.15, 0.2) is 22.3 Å². The third kappa shape index (κ3) is 10.0. The van der Waals surface area contributed by atoms with E-state index in [0.29, 0.717) is 83.4 Å². The van der Waals surface area contributed by atoms with E-state index in [4.69, 9.17) is 40.5 Å². The van der Waals surface area contributed by atoms with Crippen LogP contribution in [0.5, 0.6) is 0 Å². The van der Waals surface area contributed by atoms with Gasteiger partial charge >= 0.3 is 12.4 Å². The van der Waals surface area contributed by atoms with Crippen LogP contribution in [0.1, 0.15) is 22.3 Å². The number of anilines is 1. The van der Waals surface area contributed by atoms with E-state index in [9.17, 15) is 35.1 Å². The molecule has 0 saturated heterocycles. The maximum atomic E-state index is 14.1. The molecule has 67 heavy (non-hydrogen) atoms. The van der Waals surface area contributed by atoms with Gasteiger partial charge in [-0.3, -0.25) is 0 Å². The predicted octanol–water partition coefficient (Wildman–Crippen LogP) is 12.2. The van der Waals surface area contributed by atoms with Crippen LogP contribution in [0, 0.1) is 11.6 Å². The van der Waals surface area contributed by atoms with E-state index in [1.54, 1.807) is 48.5 Å². The second-order valence-corrected chi connectivity index (χ2v) is 15.3. The number of imidazole rings is 2. The number of nitrogens with zero attached hydrogens (tertiary/aromatic N) is 8. The number of alkyl halides is 6. The monoisotopic (exact) mass is 980 g/mol. The van der Waals surface area contributed by atoms with Crippen LogP contribution in [0.25, 0.3) is 66.6 Å². The van der Waals surface area contributed by atoms with Gasteiger partial charge in [0.2, 0.25) is 0 Å². The summed E-state index contributed by atoms with van der Waals surface area (Å²) >= 11 is 18.0. The summed E-state index contributed by atoms with van der Waals surface area (Å²) in [7, 11) is 0. The maximum Gasteiger partial charge on any atom is 0.417 e. The number of fused-ring (bicyclic) bond motifs is 4. The van der Waals surface area contributed by atoms with Gasteiger partial charge in [0, 0.05) is 35.0 Å². The predicted molar refractivity (Wildman–Crippen MR) is 238 cm³/mol. The molecule has 0 radical (unpaired) electrons. The summed E-state index contributed by atoms with van der Waals surface area (Å²) in [5, 5.41) is 5.33. The second-order valence-electron chi connectivity index (χ2n) is 14.1. The molecule has 0 amide bonds. The van der Waals surface area contributed by atoms with E-state index < -0.39 is 35.1 Å². The Morgan fingerprint density at radius 2 is 1.06 bits per heavy atom. The number of hydrogen-bond acceptors (Lipinski definition) is 10. The molecule has 0 fully saturated rings. The Labute approximate surface area is 386 Å². The van der Waals surface area contributed by atoms with Crippen LogP contribution in [0.2, 0.25) is 15.2 Å². The summed E-state index contributed by atoms with van der Waals surface area (Å²) in [5.41, 5.74) is 6.57. The summed E-state index contributed by atoms with van der Waals surface area (Å²) in [6.45, 7) is 0.00231. The molecule has 6 aromatic heterocycles. The minimum atomic E-state index is -4.71. The quantitative estimate of drug-likeness (QED) is 0.0928. The molecule has 12 nitrogen and oxygen atoms in total. The summed E-state index contributed by atoms with van der Waals surface area (Å²) < 4.78 is 109. The van der Waals surface area contributed by atoms with Crippen molar-refractivity contribution in [2.45, 2.75) is 25.4 Å². The van der Waals surface area contributed by atoms with Crippen molar-refractivity contribution in [3.05, 3.63) is 159 Å². The summed E-state index contributed by atoms with van der Waals surface area (Å²) in [4.78, 5) is 38.2. The highest BCUT2D eigenvalue weighted by Gasteiger charge is 2.36. The Morgan fingerprint density at radius 1 is 0.567 bits per heavy atom. The first kappa shape index (κ1) is 46.4. The lowest BCUT2D eigenvalue weighted by Crippen LogP contribution is -2.10. The summed E-state index contributed by atoms with van der Waals surface area (Å²) in [6.07, 6.45) is -3.67. The number of nitrogens with one attached hydrogen (secondary N) is 3. The topological polar surface area (TPSA) is 173 Å². The van der Waals surface area contributed by atoms with Gasteiger partial charge in [-0.25, -0.2) is 48.7 Å². The van der Waals surface area contributed by atoms with Crippen LogP contribution >= 0.6 is 34.8 Å². The molecule has 10 aromatic rings. The number of halogens is 11. The van der Waals surface area contributed by atoms with Crippen molar-refractivity contribution in [2.24, 2.45) is 5.73 Å². The highest BCUT2D eigenvalue weighted by atomic mass is 35.5. The smallest absolute Gasteiger partial charge is 0.364 e. The molecule has 0 unspecified atom stereocenters. The summed E-state index contributed by atoms with van der Waals surface area (Å²) in [5.74, 6) is -1.19. The lowest BCUT2D eigenvalue weighted by molar-refractivity contribution is -0.138. The molecule has 5 N–H and O–H groups in total. The molecule has 0 aliphatic rings. The van der Waals surface area contributed by atoms with Gasteiger partial charge in [0.25, 0.3) is 0 Å². The number of nitrogens with two attached hydrogens (primary N) is 1. The molecule has 0 spiro atoms. The van der Waals surface area contributed by atoms with E-state index in [1.807, 2.05) is 0 Å². The minimum absolute atomic E-state index is 0.0232. The lowest BCUT2D eigenvalue weighted by atomic mass is 9.98. The molecule has 0 aliphatic carbocycles. The Balaban J connectivity index is 0.000000155. The molecular weight excluding hydrogens is 955 g/mol. The number of para-hydroxylation sites is 2. The molecular formula is C44H27Cl3F8N12. The number of H-pyrrole nitrogens is 2. The second kappa shape index (κ2) is 19.0. The number of aromatic nitrogens is 10. The fraction of sp³-hybridized carbons (Fsp3) is 0.0909. The van der Waals surface area contributed by atoms with Crippen LogP contribution in [-0.4, -0.2) is 49.8 Å². The fourth-order valence-corrected chi connectivity index (χ4v) is 7.53. The van der Waals surface area contributed by atoms with E-state index in [-0.39, 0.29) is 40.6 Å². The highest BCUT2D eigenvalue weighted by Crippen LogP contribution is 2.41. The molecule has 4 aromatic carbocycles. The maximum absolute atomic E-state index is 14.1. The zero-order valence-electron chi connectivity index (χ0n) is 33.6. The van der Waals surface area contributed by atoms with E-state index >= 15 is 0 Å². The van der Waals surface area contributed by atoms with Gasteiger partial charge in [0.1, 0.15) is 35.3 Å². The highest BCUT2D eigenvalue weighted by molar-refractivity contribution is 6.35. The van der Waals surface area contributed by atoms with Crippen LogP contribution in [0.15, 0.2) is 110 Å². The van der Waals surface area contributed by atoms with Gasteiger partial charge in [-0.05, 0) is 71.8 Å². The summed E-state index contributed by atoms with van der Waals surface area (Å²) in [6, 6.07) is 17.9. The molecule has 23 heteroatoms. The fourth-order valence-electron chi connectivity index (χ4n) is 6.90. The molecule has 0 saturated carbocycles.